The number of para-hydroxylation sites is 2. The van der Waals surface area contributed by atoms with Gasteiger partial charge in [0.1, 0.15) is 24.7 Å². The molecule has 0 saturated heterocycles. The monoisotopic (exact) mass is 495 g/mol. The fourth-order valence-electron chi connectivity index (χ4n) is 4.74. The number of pyridine rings is 1. The van der Waals surface area contributed by atoms with Crippen LogP contribution in [0.1, 0.15) is 23.0 Å². The van der Waals surface area contributed by atoms with Gasteiger partial charge in [-0.25, -0.2) is 4.39 Å². The third kappa shape index (κ3) is 4.34. The molecule has 6 nitrogen and oxygen atoms in total. The largest absolute Gasteiger partial charge is 0.460 e. The van der Waals surface area contributed by atoms with Gasteiger partial charge >= 0.3 is 5.97 Å². The molecule has 1 aromatic heterocycles. The summed E-state index contributed by atoms with van der Waals surface area (Å²) in [5.74, 6) is -0.537. The number of carbonyl (C=O) groups is 1. The summed E-state index contributed by atoms with van der Waals surface area (Å²) in [6.07, 6.45) is -0.646. The second kappa shape index (κ2) is 9.52. The summed E-state index contributed by atoms with van der Waals surface area (Å²) in [4.78, 5) is 26.0. The Morgan fingerprint density at radius 3 is 2.27 bits per heavy atom. The summed E-state index contributed by atoms with van der Waals surface area (Å²) in [5, 5.41) is 1.04. The minimum absolute atomic E-state index is 0.0884. The normalized spacial score (nSPS) is 14.8. The predicted octanol–water partition coefficient (Wildman–Crippen LogP) is 5.65. The maximum atomic E-state index is 14.3. The molecule has 5 aromatic rings. The Bertz CT molecular complexity index is 1640. The van der Waals surface area contributed by atoms with Gasteiger partial charge in [0.25, 0.3) is 0 Å². The highest BCUT2D eigenvalue weighted by Crippen LogP contribution is 2.37. The first-order valence-electron chi connectivity index (χ1n) is 11.9. The number of halogens is 1. The lowest BCUT2D eigenvalue weighted by atomic mass is 10.1. The third-order valence-electron chi connectivity index (χ3n) is 6.45. The second-order valence-corrected chi connectivity index (χ2v) is 8.83. The van der Waals surface area contributed by atoms with Crippen LogP contribution in [0, 0.1) is 5.82 Å². The number of fused-ring (bicyclic) bond motifs is 3. The standard InChI is InChI=1S/C30H22FNO5/c31-22-14-20(29-21(15-22)18-36-30(37-29)19-8-2-1-3-9-19)17-35-27(33)16-32-25-12-6-4-10-23(25)28(34)24-11-5-7-13-26(24)32/h1-15,30H,16-18H2/t30-/m0/s1. The third-order valence-corrected chi connectivity index (χ3v) is 6.45. The summed E-state index contributed by atoms with van der Waals surface area (Å²) >= 11 is 0. The molecular formula is C30H22FNO5. The average molecular weight is 496 g/mol. The summed E-state index contributed by atoms with van der Waals surface area (Å²) in [6.45, 7) is -0.116. The highest BCUT2D eigenvalue weighted by atomic mass is 19.1. The Balaban J connectivity index is 1.27. The quantitative estimate of drug-likeness (QED) is 0.233. The number of ether oxygens (including phenoxy) is 3. The smallest absolute Gasteiger partial charge is 0.326 e. The van der Waals surface area contributed by atoms with Crippen molar-refractivity contribution in [3.63, 3.8) is 0 Å². The minimum atomic E-state index is -0.646. The first-order chi connectivity index (χ1) is 18.1. The molecule has 1 aliphatic heterocycles. The minimum Gasteiger partial charge on any atom is -0.460 e. The highest BCUT2D eigenvalue weighted by Gasteiger charge is 2.26. The maximum Gasteiger partial charge on any atom is 0.326 e. The molecule has 37 heavy (non-hydrogen) atoms. The van der Waals surface area contributed by atoms with Crippen molar-refractivity contribution in [3.05, 3.63) is 124 Å². The van der Waals surface area contributed by atoms with Crippen molar-refractivity contribution < 1.29 is 23.4 Å². The van der Waals surface area contributed by atoms with Crippen molar-refractivity contribution in [1.82, 2.24) is 4.57 Å². The van der Waals surface area contributed by atoms with Gasteiger partial charge in [0, 0.05) is 27.5 Å². The molecule has 6 rings (SSSR count). The maximum absolute atomic E-state index is 14.3. The van der Waals surface area contributed by atoms with Crippen LogP contribution in [0.2, 0.25) is 0 Å². The number of benzene rings is 4. The molecule has 0 saturated carbocycles. The molecule has 1 aliphatic rings. The molecule has 0 radical (unpaired) electrons. The van der Waals surface area contributed by atoms with Crippen LogP contribution in [-0.2, 0) is 34.0 Å². The molecule has 0 bridgehead atoms. The first-order valence-corrected chi connectivity index (χ1v) is 11.9. The van der Waals surface area contributed by atoms with E-state index in [0.29, 0.717) is 38.7 Å². The van der Waals surface area contributed by atoms with Crippen LogP contribution in [0.5, 0.6) is 5.75 Å². The molecule has 0 fully saturated rings. The summed E-state index contributed by atoms with van der Waals surface area (Å²) in [5.41, 5.74) is 2.99. The van der Waals surface area contributed by atoms with E-state index >= 15 is 0 Å². The Labute approximate surface area is 211 Å². The topological polar surface area (TPSA) is 66.8 Å². The van der Waals surface area contributed by atoms with Crippen molar-refractivity contribution in [1.29, 1.82) is 0 Å². The van der Waals surface area contributed by atoms with Crippen LogP contribution in [0.4, 0.5) is 4.39 Å². The van der Waals surface area contributed by atoms with Gasteiger partial charge in [0.05, 0.1) is 17.6 Å². The number of hydrogen-bond donors (Lipinski definition) is 0. The van der Waals surface area contributed by atoms with E-state index < -0.39 is 18.1 Å². The van der Waals surface area contributed by atoms with Crippen molar-refractivity contribution in [2.45, 2.75) is 26.0 Å². The highest BCUT2D eigenvalue weighted by molar-refractivity contribution is 5.94. The lowest BCUT2D eigenvalue weighted by molar-refractivity contribution is -0.145. The average Bonchev–Trinajstić information content (AvgIpc) is 2.94. The molecule has 1 atom stereocenters. The Hall–Kier alpha value is -4.49. The summed E-state index contributed by atoms with van der Waals surface area (Å²) in [6, 6.07) is 26.4. The Morgan fingerprint density at radius 1 is 0.919 bits per heavy atom. The number of carbonyl (C=O) groups excluding carboxylic acids is 1. The number of hydrogen-bond acceptors (Lipinski definition) is 5. The van der Waals surface area contributed by atoms with Crippen molar-refractivity contribution in [3.8, 4) is 5.75 Å². The Kier molecular flexibility index (Phi) is 5.90. The van der Waals surface area contributed by atoms with Gasteiger partial charge in [-0.3, -0.25) is 9.59 Å². The van der Waals surface area contributed by atoms with Crippen LogP contribution in [0.25, 0.3) is 21.8 Å². The molecule has 184 valence electrons. The van der Waals surface area contributed by atoms with Crippen LogP contribution < -0.4 is 10.2 Å². The number of rotatable bonds is 5. The lowest BCUT2D eigenvalue weighted by Crippen LogP contribution is -2.21. The van der Waals surface area contributed by atoms with E-state index in [1.54, 1.807) is 41.0 Å². The van der Waals surface area contributed by atoms with Crippen molar-refractivity contribution >= 4 is 27.8 Å². The molecular weight excluding hydrogens is 473 g/mol. The predicted molar refractivity (Wildman–Crippen MR) is 137 cm³/mol. The molecule has 0 spiro atoms. The van der Waals surface area contributed by atoms with Crippen molar-refractivity contribution in [2.24, 2.45) is 0 Å². The van der Waals surface area contributed by atoms with Crippen LogP contribution in [0.3, 0.4) is 0 Å². The summed E-state index contributed by atoms with van der Waals surface area (Å²) < 4.78 is 33.5. The van der Waals surface area contributed by atoms with Crippen LogP contribution in [0.15, 0.2) is 95.8 Å². The fraction of sp³-hybridized carbons (Fsp3) is 0.133. The number of esters is 1. The van der Waals surface area contributed by atoms with Gasteiger partial charge in [-0.15, -0.1) is 0 Å². The fourth-order valence-corrected chi connectivity index (χ4v) is 4.74. The van der Waals surface area contributed by atoms with Gasteiger partial charge in [-0.1, -0.05) is 54.6 Å². The molecule has 0 unspecified atom stereocenters. The molecule has 0 N–H and O–H groups in total. The van der Waals surface area contributed by atoms with E-state index in [4.69, 9.17) is 14.2 Å². The first kappa shape index (κ1) is 22.9. The number of aromatic nitrogens is 1. The van der Waals surface area contributed by atoms with Gasteiger partial charge in [0.2, 0.25) is 6.29 Å². The number of nitrogens with zero attached hydrogens (tertiary/aromatic N) is 1. The van der Waals surface area contributed by atoms with Gasteiger partial charge in [-0.2, -0.15) is 0 Å². The van der Waals surface area contributed by atoms with E-state index in [1.165, 1.54) is 12.1 Å². The molecule has 0 aliphatic carbocycles. The van der Waals surface area contributed by atoms with Gasteiger partial charge in [-0.05, 0) is 36.4 Å². The van der Waals surface area contributed by atoms with E-state index in [9.17, 15) is 14.0 Å². The summed E-state index contributed by atoms with van der Waals surface area (Å²) in [7, 11) is 0. The van der Waals surface area contributed by atoms with Crippen LogP contribution >= 0.6 is 0 Å². The lowest BCUT2D eigenvalue weighted by Gasteiger charge is -2.28. The zero-order valence-corrected chi connectivity index (χ0v) is 19.7. The zero-order chi connectivity index (χ0) is 25.4. The van der Waals surface area contributed by atoms with E-state index in [1.807, 2.05) is 42.5 Å². The van der Waals surface area contributed by atoms with Gasteiger partial charge < -0.3 is 18.8 Å². The van der Waals surface area contributed by atoms with Crippen molar-refractivity contribution in [2.75, 3.05) is 0 Å². The van der Waals surface area contributed by atoms with Crippen LogP contribution in [-0.4, -0.2) is 10.5 Å². The van der Waals surface area contributed by atoms with Gasteiger partial charge in [0.15, 0.2) is 5.43 Å². The molecule has 4 aromatic carbocycles. The molecule has 7 heteroatoms. The van der Waals surface area contributed by atoms with E-state index in [0.717, 1.165) is 5.56 Å². The second-order valence-electron chi connectivity index (χ2n) is 8.83. The molecule has 0 amide bonds. The molecule has 2 heterocycles. The zero-order valence-electron chi connectivity index (χ0n) is 19.7. The van der Waals surface area contributed by atoms with E-state index in [2.05, 4.69) is 0 Å². The Morgan fingerprint density at radius 2 is 1.57 bits per heavy atom. The SMILES string of the molecule is O=C(Cn1c2ccccc2c(=O)c2ccccc21)OCc1cc(F)cc2c1O[C@@H](c1ccccc1)OC2. The van der Waals surface area contributed by atoms with E-state index in [-0.39, 0.29) is 25.2 Å².